The summed E-state index contributed by atoms with van der Waals surface area (Å²) >= 11 is 12.6. The van der Waals surface area contributed by atoms with Gasteiger partial charge in [0.25, 0.3) is 0 Å². The van der Waals surface area contributed by atoms with Crippen LogP contribution in [-0.4, -0.2) is 57.6 Å². The number of amides is 1. The Morgan fingerprint density at radius 1 is 0.756 bits per heavy atom. The minimum absolute atomic E-state index is 0.243. The molecule has 0 saturated heterocycles. The summed E-state index contributed by atoms with van der Waals surface area (Å²) in [7, 11) is 0. The summed E-state index contributed by atoms with van der Waals surface area (Å²) in [4.78, 5) is 24.9. The quantitative estimate of drug-likeness (QED) is 0.307. The number of aromatic nitrogens is 1. The first kappa shape index (κ1) is 31.3. The van der Waals surface area contributed by atoms with E-state index in [1.807, 2.05) is 62.1 Å². The molecule has 0 aliphatic carbocycles. The van der Waals surface area contributed by atoms with E-state index in [0.717, 1.165) is 79.0 Å². The van der Waals surface area contributed by atoms with Crippen molar-refractivity contribution in [2.45, 2.75) is 71.8 Å². The molecule has 0 spiro atoms. The SMILES string of the molecule is CC(C)(C)OC(=O)N1CCCCN(Cc2cccc(Cl)c2)Cc2cccc(n2)CN(Cc2cccc(Cl)c2)CCC1. The van der Waals surface area contributed by atoms with Crippen LogP contribution in [0.4, 0.5) is 4.79 Å². The van der Waals surface area contributed by atoms with E-state index in [1.54, 1.807) is 0 Å². The summed E-state index contributed by atoms with van der Waals surface area (Å²) in [6.07, 6.45) is 2.44. The average Bonchev–Trinajstić information content (AvgIpc) is 2.89. The largest absolute Gasteiger partial charge is 0.444 e. The summed E-state index contributed by atoms with van der Waals surface area (Å²) in [5.41, 5.74) is 3.89. The zero-order chi connectivity index (χ0) is 29.2. The minimum atomic E-state index is -0.532. The van der Waals surface area contributed by atoms with Crippen molar-refractivity contribution in [1.29, 1.82) is 0 Å². The molecule has 0 radical (unpaired) electrons. The lowest BCUT2D eigenvalue weighted by molar-refractivity contribution is 0.0237. The summed E-state index contributed by atoms with van der Waals surface area (Å²) in [5, 5.41) is 1.48. The van der Waals surface area contributed by atoms with Gasteiger partial charge in [-0.2, -0.15) is 0 Å². The predicted octanol–water partition coefficient (Wildman–Crippen LogP) is 7.81. The van der Waals surface area contributed by atoms with Crippen molar-refractivity contribution in [3.8, 4) is 0 Å². The van der Waals surface area contributed by atoms with Crippen LogP contribution in [0.2, 0.25) is 10.0 Å². The van der Waals surface area contributed by atoms with Gasteiger partial charge in [0.1, 0.15) is 5.60 Å². The van der Waals surface area contributed by atoms with Gasteiger partial charge in [0.15, 0.2) is 0 Å². The molecule has 0 fully saturated rings. The molecule has 1 aliphatic rings. The molecule has 1 amide bonds. The molecule has 220 valence electrons. The highest BCUT2D eigenvalue weighted by Crippen LogP contribution is 2.19. The third-order valence-corrected chi connectivity index (χ3v) is 7.40. The van der Waals surface area contributed by atoms with Crippen LogP contribution in [0.3, 0.4) is 0 Å². The number of carbonyl (C=O) groups excluding carboxylic acids is 1. The van der Waals surface area contributed by atoms with Crippen molar-refractivity contribution in [2.75, 3.05) is 26.2 Å². The minimum Gasteiger partial charge on any atom is -0.444 e. The number of hydrogen-bond donors (Lipinski definition) is 0. The number of benzene rings is 2. The molecule has 2 heterocycles. The number of hydrogen-bond acceptors (Lipinski definition) is 5. The maximum atomic E-state index is 13.1. The van der Waals surface area contributed by atoms with Crippen LogP contribution < -0.4 is 0 Å². The maximum Gasteiger partial charge on any atom is 0.410 e. The molecule has 8 heteroatoms. The molecule has 4 rings (SSSR count). The van der Waals surface area contributed by atoms with Gasteiger partial charge in [0.05, 0.1) is 11.4 Å². The van der Waals surface area contributed by atoms with E-state index in [-0.39, 0.29) is 6.09 Å². The monoisotopic (exact) mass is 596 g/mol. The van der Waals surface area contributed by atoms with Crippen molar-refractivity contribution in [2.24, 2.45) is 0 Å². The molecule has 0 saturated carbocycles. The van der Waals surface area contributed by atoms with Gasteiger partial charge in [-0.15, -0.1) is 0 Å². The molecule has 1 aliphatic heterocycles. The van der Waals surface area contributed by atoms with Gasteiger partial charge < -0.3 is 9.64 Å². The molecule has 1 aromatic heterocycles. The second kappa shape index (κ2) is 15.0. The third kappa shape index (κ3) is 10.9. The van der Waals surface area contributed by atoms with Crippen molar-refractivity contribution in [3.63, 3.8) is 0 Å². The fourth-order valence-electron chi connectivity index (χ4n) is 5.12. The van der Waals surface area contributed by atoms with E-state index < -0.39 is 5.60 Å². The zero-order valence-electron chi connectivity index (χ0n) is 24.5. The number of carbonyl (C=O) groups is 1. The van der Waals surface area contributed by atoms with E-state index in [9.17, 15) is 4.79 Å². The highest BCUT2D eigenvalue weighted by atomic mass is 35.5. The van der Waals surface area contributed by atoms with Gasteiger partial charge in [-0.1, -0.05) is 53.5 Å². The van der Waals surface area contributed by atoms with Gasteiger partial charge in [-0.3, -0.25) is 14.8 Å². The fraction of sp³-hybridized carbons (Fsp3) is 0.455. The lowest BCUT2D eigenvalue weighted by Gasteiger charge is -2.29. The Morgan fingerprint density at radius 2 is 1.24 bits per heavy atom. The topological polar surface area (TPSA) is 48.9 Å². The van der Waals surface area contributed by atoms with Gasteiger partial charge in [-0.05, 0) is 94.1 Å². The van der Waals surface area contributed by atoms with Crippen LogP contribution in [0.15, 0.2) is 66.7 Å². The van der Waals surface area contributed by atoms with Gasteiger partial charge >= 0.3 is 6.09 Å². The van der Waals surface area contributed by atoms with E-state index in [0.29, 0.717) is 19.6 Å². The van der Waals surface area contributed by atoms with Gasteiger partial charge in [0.2, 0.25) is 0 Å². The molecule has 2 bridgehead atoms. The van der Waals surface area contributed by atoms with E-state index >= 15 is 0 Å². The Balaban J connectivity index is 1.57. The fourth-order valence-corrected chi connectivity index (χ4v) is 5.55. The number of ether oxygens (including phenoxy) is 1. The molecule has 3 aromatic rings. The second-order valence-corrected chi connectivity index (χ2v) is 12.7. The number of halogens is 2. The normalized spacial score (nSPS) is 16.6. The first-order valence-corrected chi connectivity index (χ1v) is 15.2. The van der Waals surface area contributed by atoms with Crippen molar-refractivity contribution < 1.29 is 9.53 Å². The molecular formula is C33H42Cl2N4O2. The molecule has 41 heavy (non-hydrogen) atoms. The highest BCUT2D eigenvalue weighted by Gasteiger charge is 2.22. The third-order valence-electron chi connectivity index (χ3n) is 6.93. The van der Waals surface area contributed by atoms with E-state index in [4.69, 9.17) is 32.9 Å². The van der Waals surface area contributed by atoms with E-state index in [2.05, 4.69) is 40.1 Å². The number of pyridine rings is 1. The Morgan fingerprint density at radius 3 is 1.78 bits per heavy atom. The number of nitrogens with zero attached hydrogens (tertiary/aromatic N) is 4. The summed E-state index contributed by atoms with van der Waals surface area (Å²) in [5.74, 6) is 0. The molecule has 0 atom stereocenters. The molecule has 6 nitrogen and oxygen atoms in total. The molecular weight excluding hydrogens is 555 g/mol. The van der Waals surface area contributed by atoms with Crippen LogP contribution in [0.5, 0.6) is 0 Å². The Hall–Kier alpha value is -2.64. The van der Waals surface area contributed by atoms with Crippen molar-refractivity contribution in [1.82, 2.24) is 19.7 Å². The summed E-state index contributed by atoms with van der Waals surface area (Å²) in [6.45, 7) is 11.7. The Labute approximate surface area is 255 Å². The van der Waals surface area contributed by atoms with Crippen LogP contribution in [0, 0.1) is 0 Å². The Bertz CT molecular complexity index is 1280. The highest BCUT2D eigenvalue weighted by molar-refractivity contribution is 6.30. The van der Waals surface area contributed by atoms with E-state index in [1.165, 1.54) is 5.56 Å². The van der Waals surface area contributed by atoms with Crippen molar-refractivity contribution >= 4 is 29.3 Å². The van der Waals surface area contributed by atoms with Crippen LogP contribution >= 0.6 is 23.2 Å². The van der Waals surface area contributed by atoms with Crippen LogP contribution in [0.1, 0.15) is 62.5 Å². The first-order valence-electron chi connectivity index (χ1n) is 14.5. The Kier molecular flexibility index (Phi) is 11.5. The molecule has 0 unspecified atom stereocenters. The van der Waals surface area contributed by atoms with Crippen LogP contribution in [0.25, 0.3) is 0 Å². The predicted molar refractivity (Wildman–Crippen MR) is 167 cm³/mol. The maximum absolute atomic E-state index is 13.1. The van der Waals surface area contributed by atoms with Gasteiger partial charge in [-0.25, -0.2) is 4.79 Å². The first-order chi connectivity index (χ1) is 19.6. The smallest absolute Gasteiger partial charge is 0.410 e. The van der Waals surface area contributed by atoms with Crippen LogP contribution in [-0.2, 0) is 30.9 Å². The second-order valence-electron chi connectivity index (χ2n) is 11.8. The van der Waals surface area contributed by atoms with Crippen molar-refractivity contribution in [3.05, 3.63) is 99.3 Å². The molecule has 2 aromatic carbocycles. The lowest BCUT2D eigenvalue weighted by Crippen LogP contribution is -2.39. The zero-order valence-corrected chi connectivity index (χ0v) is 26.0. The number of fused-ring (bicyclic) bond motifs is 2. The standard InChI is InChI=1S/C33H42Cl2N4O2/c1-33(2,3)41-32(40)39-18-5-4-16-37(22-26-10-6-12-28(34)20-26)24-30-14-8-15-31(36-30)25-38(17-9-19-39)23-27-11-7-13-29(35)21-27/h6-8,10-15,20-21H,4-5,9,16-19,22-25H2,1-3H3. The summed E-state index contributed by atoms with van der Waals surface area (Å²) in [6, 6.07) is 22.4. The lowest BCUT2D eigenvalue weighted by atomic mass is 10.2. The molecule has 0 N–H and O–H groups in total. The number of rotatable bonds is 4. The summed E-state index contributed by atoms with van der Waals surface area (Å²) < 4.78 is 5.77. The average molecular weight is 598 g/mol. The van der Waals surface area contributed by atoms with Gasteiger partial charge in [0, 0.05) is 55.9 Å².